The van der Waals surface area contributed by atoms with Gasteiger partial charge in [0.2, 0.25) is 0 Å². The molecule has 0 aromatic rings. The monoisotopic (exact) mass is 276 g/mol. The molecule has 0 saturated carbocycles. The molecule has 0 aliphatic carbocycles. The first-order chi connectivity index (χ1) is 7.28. The molecule has 104 valence electrons. The molecule has 0 heterocycles. The van der Waals surface area contributed by atoms with Crippen LogP contribution in [0, 0.1) is 5.92 Å². The predicted molar refractivity (Wildman–Crippen MR) is 40.4 cm³/mol. The molecule has 0 aliphatic rings. The third kappa shape index (κ3) is 5.03. The fraction of sp³-hybridized carbons (Fsp3) is 1.00. The molecule has 0 aliphatic heterocycles. The van der Waals surface area contributed by atoms with Crippen LogP contribution in [0.25, 0.3) is 0 Å². The van der Waals surface area contributed by atoms with E-state index in [2.05, 4.69) is 0 Å². The van der Waals surface area contributed by atoms with Crippen molar-refractivity contribution in [3.8, 4) is 0 Å². The van der Waals surface area contributed by atoms with E-state index in [0.717, 1.165) is 0 Å². The number of hydrogen-bond donors (Lipinski definition) is 0. The van der Waals surface area contributed by atoms with Crippen molar-refractivity contribution in [2.75, 3.05) is 0 Å². The lowest BCUT2D eigenvalue weighted by molar-refractivity contribution is -0.248. The molecule has 0 aromatic heterocycles. The van der Waals surface area contributed by atoms with Gasteiger partial charge in [-0.15, -0.1) is 0 Å². The molecule has 2 atom stereocenters. The third-order valence-electron chi connectivity index (χ3n) is 2.13. The Morgan fingerprint density at radius 3 is 1.53 bits per heavy atom. The fourth-order valence-electron chi connectivity index (χ4n) is 0.939. The number of alkyl halides is 9. The molecule has 0 aromatic carbocycles. The molecular formula is C8H9F9. The molecule has 0 fully saturated rings. The summed E-state index contributed by atoms with van der Waals surface area (Å²) in [6.07, 6.45) is -18.1. The zero-order valence-electron chi connectivity index (χ0n) is 8.47. The Hall–Kier alpha value is -0.630. The van der Waals surface area contributed by atoms with Crippen molar-refractivity contribution < 1.29 is 39.5 Å². The zero-order chi connectivity index (χ0) is 14.1. The quantitative estimate of drug-likeness (QED) is 0.663. The summed E-state index contributed by atoms with van der Waals surface area (Å²) in [7, 11) is 0. The van der Waals surface area contributed by atoms with E-state index >= 15 is 0 Å². The Kier molecular flexibility index (Phi) is 4.75. The summed E-state index contributed by atoms with van der Waals surface area (Å²) >= 11 is 0. The number of hydrogen-bond acceptors (Lipinski definition) is 0. The molecule has 0 amide bonds. The van der Waals surface area contributed by atoms with Crippen molar-refractivity contribution in [1.29, 1.82) is 0 Å². The van der Waals surface area contributed by atoms with Gasteiger partial charge in [-0.3, -0.25) is 0 Å². The van der Waals surface area contributed by atoms with Gasteiger partial charge >= 0.3 is 12.4 Å². The summed E-state index contributed by atoms with van der Waals surface area (Å²) in [6.45, 7) is 0.539. The summed E-state index contributed by atoms with van der Waals surface area (Å²) in [5, 5.41) is 0. The predicted octanol–water partition coefficient (Wildman–Crippen LogP) is 4.50. The number of rotatable bonds is 4. The van der Waals surface area contributed by atoms with Gasteiger partial charge in [0.15, 0.2) is 0 Å². The first-order valence-corrected chi connectivity index (χ1v) is 4.44. The SMILES string of the molecule is CC(CCC(F)(F)C(F)C(F)(F)F)C(F)(F)F. The van der Waals surface area contributed by atoms with E-state index in [1.807, 2.05) is 0 Å². The van der Waals surface area contributed by atoms with Crippen LogP contribution in [-0.2, 0) is 0 Å². The van der Waals surface area contributed by atoms with Crippen LogP contribution in [0.2, 0.25) is 0 Å². The molecule has 0 saturated heterocycles. The summed E-state index contributed by atoms with van der Waals surface area (Å²) in [5.74, 6) is -7.06. The minimum Gasteiger partial charge on any atom is -0.231 e. The minimum atomic E-state index is -5.79. The van der Waals surface area contributed by atoms with E-state index in [-0.39, 0.29) is 0 Å². The van der Waals surface area contributed by atoms with Crippen molar-refractivity contribution >= 4 is 0 Å². The van der Waals surface area contributed by atoms with E-state index in [1.54, 1.807) is 0 Å². The summed E-state index contributed by atoms with van der Waals surface area (Å²) in [4.78, 5) is 0. The smallest absolute Gasteiger partial charge is 0.231 e. The molecule has 0 radical (unpaired) electrons. The van der Waals surface area contributed by atoms with Crippen molar-refractivity contribution in [2.24, 2.45) is 5.92 Å². The maximum absolute atomic E-state index is 12.6. The molecule has 9 heteroatoms. The van der Waals surface area contributed by atoms with Gasteiger partial charge in [-0.1, -0.05) is 6.92 Å². The first-order valence-electron chi connectivity index (χ1n) is 4.44. The van der Waals surface area contributed by atoms with E-state index in [4.69, 9.17) is 0 Å². The zero-order valence-corrected chi connectivity index (χ0v) is 8.47. The highest BCUT2D eigenvalue weighted by atomic mass is 19.4. The van der Waals surface area contributed by atoms with Crippen LogP contribution in [0.3, 0.4) is 0 Å². The first kappa shape index (κ1) is 16.4. The van der Waals surface area contributed by atoms with Crippen LogP contribution in [0.5, 0.6) is 0 Å². The van der Waals surface area contributed by atoms with Gasteiger partial charge in [-0.05, 0) is 6.42 Å². The molecule has 17 heavy (non-hydrogen) atoms. The molecule has 0 N–H and O–H groups in total. The standard InChI is InChI=1S/C8H9F9/c1-4(7(12,13)14)2-3-6(10,11)5(9)8(15,16)17/h4-5H,2-3H2,1H3. The van der Waals surface area contributed by atoms with E-state index < -0.39 is 43.2 Å². The van der Waals surface area contributed by atoms with Crippen LogP contribution < -0.4 is 0 Å². The van der Waals surface area contributed by atoms with Crippen molar-refractivity contribution in [3.05, 3.63) is 0 Å². The van der Waals surface area contributed by atoms with Crippen LogP contribution in [0.1, 0.15) is 19.8 Å². The maximum atomic E-state index is 12.6. The lowest BCUT2D eigenvalue weighted by Gasteiger charge is -2.24. The Labute approximate surface area is 90.8 Å². The second-order valence-electron chi connectivity index (χ2n) is 3.65. The van der Waals surface area contributed by atoms with Gasteiger partial charge < -0.3 is 0 Å². The molecule has 0 spiro atoms. The van der Waals surface area contributed by atoms with Crippen molar-refractivity contribution in [2.45, 2.75) is 44.2 Å². The maximum Gasteiger partial charge on any atom is 0.425 e. The van der Waals surface area contributed by atoms with Crippen LogP contribution >= 0.6 is 0 Å². The second kappa shape index (κ2) is 4.93. The van der Waals surface area contributed by atoms with Gasteiger partial charge in [0.05, 0.1) is 5.92 Å². The normalized spacial score (nSPS) is 18.0. The third-order valence-corrected chi connectivity index (χ3v) is 2.13. The van der Waals surface area contributed by atoms with Gasteiger partial charge in [0.25, 0.3) is 12.1 Å². The van der Waals surface area contributed by atoms with Crippen molar-refractivity contribution in [1.82, 2.24) is 0 Å². The van der Waals surface area contributed by atoms with Gasteiger partial charge in [0.1, 0.15) is 0 Å². The average Bonchev–Trinajstić information content (AvgIpc) is 2.10. The van der Waals surface area contributed by atoms with Gasteiger partial charge in [-0.25, -0.2) is 13.2 Å². The topological polar surface area (TPSA) is 0 Å². The summed E-state index contributed by atoms with van der Waals surface area (Å²) < 4.78 is 108. The molecule has 0 rings (SSSR count). The summed E-state index contributed by atoms with van der Waals surface area (Å²) in [5.41, 5.74) is 0. The number of halogens is 9. The minimum absolute atomic E-state index is 0.539. The molecule has 2 unspecified atom stereocenters. The van der Waals surface area contributed by atoms with Crippen LogP contribution in [0.4, 0.5) is 39.5 Å². The van der Waals surface area contributed by atoms with Gasteiger partial charge in [0, 0.05) is 6.42 Å². The Balaban J connectivity index is 4.48. The summed E-state index contributed by atoms with van der Waals surface area (Å²) in [6, 6.07) is 0. The van der Waals surface area contributed by atoms with Crippen LogP contribution in [0.15, 0.2) is 0 Å². The Morgan fingerprint density at radius 2 is 1.24 bits per heavy atom. The molecule has 0 bridgehead atoms. The van der Waals surface area contributed by atoms with E-state index in [9.17, 15) is 39.5 Å². The highest BCUT2D eigenvalue weighted by molar-refractivity contribution is 4.83. The van der Waals surface area contributed by atoms with Crippen LogP contribution in [-0.4, -0.2) is 24.4 Å². The van der Waals surface area contributed by atoms with Gasteiger partial charge in [-0.2, -0.15) is 26.3 Å². The average molecular weight is 276 g/mol. The largest absolute Gasteiger partial charge is 0.425 e. The Bertz CT molecular complexity index is 238. The highest BCUT2D eigenvalue weighted by Crippen LogP contribution is 2.40. The fourth-order valence-corrected chi connectivity index (χ4v) is 0.939. The Morgan fingerprint density at radius 1 is 0.824 bits per heavy atom. The molecule has 0 nitrogen and oxygen atoms in total. The highest BCUT2D eigenvalue weighted by Gasteiger charge is 2.56. The molecular weight excluding hydrogens is 267 g/mol. The second-order valence-corrected chi connectivity index (χ2v) is 3.65. The van der Waals surface area contributed by atoms with Crippen molar-refractivity contribution in [3.63, 3.8) is 0 Å². The lowest BCUT2D eigenvalue weighted by Crippen LogP contribution is -2.42. The van der Waals surface area contributed by atoms with E-state index in [1.165, 1.54) is 0 Å². The van der Waals surface area contributed by atoms with E-state index in [0.29, 0.717) is 6.92 Å². The lowest BCUT2D eigenvalue weighted by atomic mass is 9.99.